The predicted octanol–water partition coefficient (Wildman–Crippen LogP) is 2.90. The fourth-order valence-corrected chi connectivity index (χ4v) is 2.14. The van der Waals surface area contributed by atoms with Crippen LogP contribution >= 0.6 is 0 Å². The Bertz CT molecular complexity index is 297. The molecular weight excluding hydrogens is 208 g/mol. The first kappa shape index (κ1) is 14.2. The number of nitrogens with one attached hydrogen (secondary N) is 1. The molecule has 0 amide bonds. The SMILES string of the molecule is CC.C[C@@H]1CN(Cc2ccccc2)[C@@H](C)CN1. The van der Waals surface area contributed by atoms with Crippen LogP contribution in [0.15, 0.2) is 30.3 Å². The van der Waals surface area contributed by atoms with Gasteiger partial charge in [0.15, 0.2) is 0 Å². The van der Waals surface area contributed by atoms with Crippen molar-refractivity contribution >= 4 is 0 Å². The van der Waals surface area contributed by atoms with Crippen LogP contribution in [0.25, 0.3) is 0 Å². The highest BCUT2D eigenvalue weighted by Gasteiger charge is 2.21. The molecule has 2 nitrogen and oxygen atoms in total. The molecule has 17 heavy (non-hydrogen) atoms. The van der Waals surface area contributed by atoms with Crippen molar-refractivity contribution in [1.29, 1.82) is 0 Å². The van der Waals surface area contributed by atoms with Gasteiger partial charge < -0.3 is 5.32 Å². The minimum atomic E-state index is 0.616. The Morgan fingerprint density at radius 1 is 1.18 bits per heavy atom. The van der Waals surface area contributed by atoms with Gasteiger partial charge in [-0.2, -0.15) is 0 Å². The third-order valence-corrected chi connectivity index (χ3v) is 3.12. The van der Waals surface area contributed by atoms with Gasteiger partial charge in [-0.25, -0.2) is 0 Å². The molecule has 1 fully saturated rings. The van der Waals surface area contributed by atoms with Gasteiger partial charge in [0.2, 0.25) is 0 Å². The van der Waals surface area contributed by atoms with E-state index in [0.29, 0.717) is 12.1 Å². The standard InChI is InChI=1S/C13H20N2.C2H6/c1-11-9-15(12(2)8-14-11)10-13-6-4-3-5-7-13;1-2/h3-7,11-12,14H,8-10H2,1-2H3;1-2H3/t11-,12+;/m1./s1. The minimum Gasteiger partial charge on any atom is -0.311 e. The van der Waals surface area contributed by atoms with Crippen molar-refractivity contribution in [2.24, 2.45) is 0 Å². The highest BCUT2D eigenvalue weighted by Crippen LogP contribution is 2.11. The van der Waals surface area contributed by atoms with Gasteiger partial charge in [0.05, 0.1) is 0 Å². The summed E-state index contributed by atoms with van der Waals surface area (Å²) < 4.78 is 0. The van der Waals surface area contributed by atoms with Gasteiger partial charge in [0.1, 0.15) is 0 Å². The van der Waals surface area contributed by atoms with Crippen molar-refractivity contribution in [3.8, 4) is 0 Å². The molecule has 96 valence electrons. The van der Waals surface area contributed by atoms with E-state index in [2.05, 4.69) is 54.4 Å². The maximum Gasteiger partial charge on any atom is 0.0237 e. The molecule has 0 unspecified atom stereocenters. The van der Waals surface area contributed by atoms with Crippen molar-refractivity contribution in [3.63, 3.8) is 0 Å². The zero-order valence-electron chi connectivity index (χ0n) is 11.6. The normalized spacial score (nSPS) is 24.9. The minimum absolute atomic E-state index is 0.616. The average molecular weight is 234 g/mol. The Hall–Kier alpha value is -0.860. The number of hydrogen-bond acceptors (Lipinski definition) is 2. The summed E-state index contributed by atoms with van der Waals surface area (Å²) in [5.41, 5.74) is 1.42. The van der Waals surface area contributed by atoms with Crippen LogP contribution in [0.4, 0.5) is 0 Å². The fourth-order valence-electron chi connectivity index (χ4n) is 2.14. The quantitative estimate of drug-likeness (QED) is 0.846. The summed E-state index contributed by atoms with van der Waals surface area (Å²) in [6.07, 6.45) is 0. The molecule has 0 spiro atoms. The zero-order valence-corrected chi connectivity index (χ0v) is 11.6. The highest BCUT2D eigenvalue weighted by molar-refractivity contribution is 5.14. The molecule has 1 aliphatic heterocycles. The van der Waals surface area contributed by atoms with E-state index in [1.165, 1.54) is 5.56 Å². The first-order valence-electron chi connectivity index (χ1n) is 6.77. The molecule has 2 rings (SSSR count). The molecule has 0 radical (unpaired) electrons. The Morgan fingerprint density at radius 2 is 1.82 bits per heavy atom. The van der Waals surface area contributed by atoms with Crippen molar-refractivity contribution in [2.75, 3.05) is 13.1 Å². The van der Waals surface area contributed by atoms with E-state index in [1.807, 2.05) is 13.8 Å². The number of benzene rings is 1. The zero-order chi connectivity index (χ0) is 12.7. The van der Waals surface area contributed by atoms with Crippen molar-refractivity contribution in [1.82, 2.24) is 10.2 Å². The second kappa shape index (κ2) is 7.46. The first-order valence-corrected chi connectivity index (χ1v) is 6.77. The van der Waals surface area contributed by atoms with E-state index in [0.717, 1.165) is 19.6 Å². The fraction of sp³-hybridized carbons (Fsp3) is 0.600. The lowest BCUT2D eigenvalue weighted by Gasteiger charge is -2.37. The molecule has 1 aromatic rings. The van der Waals surface area contributed by atoms with E-state index in [9.17, 15) is 0 Å². The summed E-state index contributed by atoms with van der Waals surface area (Å²) in [6, 6.07) is 12.0. The summed E-state index contributed by atoms with van der Waals surface area (Å²) in [5, 5.41) is 3.51. The molecule has 1 N–H and O–H groups in total. The lowest BCUT2D eigenvalue weighted by molar-refractivity contribution is 0.139. The van der Waals surface area contributed by atoms with Gasteiger partial charge in [0, 0.05) is 31.7 Å². The van der Waals surface area contributed by atoms with E-state index >= 15 is 0 Å². The number of rotatable bonds is 2. The van der Waals surface area contributed by atoms with Crippen molar-refractivity contribution in [2.45, 2.75) is 46.3 Å². The molecule has 1 aliphatic rings. The smallest absolute Gasteiger partial charge is 0.0237 e. The molecule has 2 heteroatoms. The maximum absolute atomic E-state index is 3.51. The van der Waals surface area contributed by atoms with Gasteiger partial charge in [-0.3, -0.25) is 4.90 Å². The van der Waals surface area contributed by atoms with E-state index in [-0.39, 0.29) is 0 Å². The molecule has 1 saturated heterocycles. The summed E-state index contributed by atoms with van der Waals surface area (Å²) in [5.74, 6) is 0. The van der Waals surface area contributed by atoms with Crippen LogP contribution in [0.5, 0.6) is 0 Å². The van der Waals surface area contributed by atoms with Gasteiger partial charge in [-0.05, 0) is 19.4 Å². The van der Waals surface area contributed by atoms with E-state index < -0.39 is 0 Å². The average Bonchev–Trinajstić information content (AvgIpc) is 2.38. The summed E-state index contributed by atoms with van der Waals surface area (Å²) >= 11 is 0. The lowest BCUT2D eigenvalue weighted by Crippen LogP contribution is -2.53. The summed E-state index contributed by atoms with van der Waals surface area (Å²) in [4.78, 5) is 2.55. The Labute approximate surface area is 106 Å². The molecule has 1 heterocycles. The van der Waals surface area contributed by atoms with Gasteiger partial charge in [-0.15, -0.1) is 0 Å². The van der Waals surface area contributed by atoms with Crippen LogP contribution in [0.2, 0.25) is 0 Å². The monoisotopic (exact) mass is 234 g/mol. The van der Waals surface area contributed by atoms with Crippen LogP contribution in [0.1, 0.15) is 33.3 Å². The highest BCUT2D eigenvalue weighted by atomic mass is 15.2. The number of piperazine rings is 1. The molecule has 0 bridgehead atoms. The van der Waals surface area contributed by atoms with Crippen LogP contribution in [-0.4, -0.2) is 30.1 Å². The largest absolute Gasteiger partial charge is 0.311 e. The third kappa shape index (κ3) is 4.49. The van der Waals surface area contributed by atoms with Crippen molar-refractivity contribution in [3.05, 3.63) is 35.9 Å². The Balaban J connectivity index is 0.000000686. The van der Waals surface area contributed by atoms with Crippen LogP contribution < -0.4 is 5.32 Å². The summed E-state index contributed by atoms with van der Waals surface area (Å²) in [7, 11) is 0. The predicted molar refractivity (Wildman–Crippen MR) is 75.1 cm³/mol. The van der Waals surface area contributed by atoms with Gasteiger partial charge in [0.25, 0.3) is 0 Å². The van der Waals surface area contributed by atoms with Crippen molar-refractivity contribution < 1.29 is 0 Å². The second-order valence-corrected chi connectivity index (χ2v) is 4.57. The molecule has 0 aromatic heterocycles. The molecule has 0 aliphatic carbocycles. The number of hydrogen-bond donors (Lipinski definition) is 1. The van der Waals surface area contributed by atoms with Crippen LogP contribution in [0.3, 0.4) is 0 Å². The van der Waals surface area contributed by atoms with Gasteiger partial charge in [-0.1, -0.05) is 44.2 Å². The lowest BCUT2D eigenvalue weighted by atomic mass is 10.1. The number of nitrogens with zero attached hydrogens (tertiary/aromatic N) is 1. The molecule has 1 aromatic carbocycles. The van der Waals surface area contributed by atoms with Crippen LogP contribution in [0, 0.1) is 0 Å². The second-order valence-electron chi connectivity index (χ2n) is 4.57. The summed E-state index contributed by atoms with van der Waals surface area (Å²) in [6.45, 7) is 11.9. The molecule has 2 atom stereocenters. The third-order valence-electron chi connectivity index (χ3n) is 3.12. The molecule has 0 saturated carbocycles. The topological polar surface area (TPSA) is 15.3 Å². The maximum atomic E-state index is 3.51. The Morgan fingerprint density at radius 3 is 2.47 bits per heavy atom. The van der Waals surface area contributed by atoms with E-state index in [4.69, 9.17) is 0 Å². The van der Waals surface area contributed by atoms with E-state index in [1.54, 1.807) is 0 Å². The van der Waals surface area contributed by atoms with Crippen LogP contribution in [-0.2, 0) is 6.54 Å². The van der Waals surface area contributed by atoms with Gasteiger partial charge >= 0.3 is 0 Å². The Kier molecular flexibility index (Phi) is 6.23. The molecular formula is C15H26N2. The first-order chi connectivity index (χ1) is 8.25.